The summed E-state index contributed by atoms with van der Waals surface area (Å²) < 4.78 is 7.42. The minimum absolute atomic E-state index is 0.00228. The molecule has 3 aromatic rings. The second-order valence-corrected chi connectivity index (χ2v) is 7.32. The Hall–Kier alpha value is -2.80. The minimum atomic E-state index is -0.00228. The SMILES string of the molecule is C=CCn1c(SCc2ccccc2C(=O)NC2CC2)nnc1-c1ccco1. The van der Waals surface area contributed by atoms with Gasteiger partial charge in [-0.3, -0.25) is 9.36 Å². The maximum absolute atomic E-state index is 12.5. The summed E-state index contributed by atoms with van der Waals surface area (Å²) >= 11 is 1.54. The predicted octanol–water partition coefficient (Wildman–Crippen LogP) is 3.91. The van der Waals surface area contributed by atoms with Gasteiger partial charge in [-0.1, -0.05) is 36.0 Å². The second-order valence-electron chi connectivity index (χ2n) is 6.38. The average molecular weight is 380 g/mol. The Morgan fingerprint density at radius 2 is 2.15 bits per heavy atom. The van der Waals surface area contributed by atoms with E-state index in [0.717, 1.165) is 29.1 Å². The van der Waals surface area contributed by atoms with Crippen molar-refractivity contribution < 1.29 is 9.21 Å². The van der Waals surface area contributed by atoms with Crippen LogP contribution in [0.2, 0.25) is 0 Å². The van der Waals surface area contributed by atoms with Gasteiger partial charge in [-0.05, 0) is 36.6 Å². The lowest BCUT2D eigenvalue weighted by Gasteiger charge is -2.10. The van der Waals surface area contributed by atoms with Crippen LogP contribution in [0, 0.1) is 0 Å². The molecule has 0 spiro atoms. The van der Waals surface area contributed by atoms with E-state index in [1.165, 1.54) is 0 Å². The van der Waals surface area contributed by atoms with Crippen molar-refractivity contribution in [1.29, 1.82) is 0 Å². The van der Waals surface area contributed by atoms with Crippen LogP contribution < -0.4 is 5.32 Å². The third-order valence-electron chi connectivity index (χ3n) is 4.30. The number of furan rings is 1. The van der Waals surface area contributed by atoms with Gasteiger partial charge in [-0.15, -0.1) is 16.8 Å². The number of amides is 1. The molecule has 138 valence electrons. The molecule has 1 aromatic carbocycles. The summed E-state index contributed by atoms with van der Waals surface area (Å²) in [5, 5.41) is 12.4. The van der Waals surface area contributed by atoms with E-state index in [4.69, 9.17) is 4.42 Å². The monoisotopic (exact) mass is 380 g/mol. The lowest BCUT2D eigenvalue weighted by molar-refractivity contribution is 0.0950. The molecule has 0 aliphatic heterocycles. The van der Waals surface area contributed by atoms with Gasteiger partial charge in [0.05, 0.1) is 6.26 Å². The zero-order valence-electron chi connectivity index (χ0n) is 14.8. The van der Waals surface area contributed by atoms with Crippen molar-refractivity contribution in [3.63, 3.8) is 0 Å². The summed E-state index contributed by atoms with van der Waals surface area (Å²) in [7, 11) is 0. The number of hydrogen-bond acceptors (Lipinski definition) is 5. The van der Waals surface area contributed by atoms with Crippen LogP contribution in [0.5, 0.6) is 0 Å². The van der Waals surface area contributed by atoms with E-state index in [1.807, 2.05) is 41.0 Å². The van der Waals surface area contributed by atoms with Crippen LogP contribution in [0.1, 0.15) is 28.8 Å². The molecule has 1 N–H and O–H groups in total. The van der Waals surface area contributed by atoms with E-state index in [1.54, 1.807) is 24.1 Å². The lowest BCUT2D eigenvalue weighted by Crippen LogP contribution is -2.26. The first-order chi connectivity index (χ1) is 13.3. The van der Waals surface area contributed by atoms with Gasteiger partial charge in [0.25, 0.3) is 5.91 Å². The fraction of sp³-hybridized carbons (Fsp3) is 0.250. The Bertz CT molecular complexity index is 945. The summed E-state index contributed by atoms with van der Waals surface area (Å²) in [6.07, 6.45) is 5.56. The molecule has 1 aliphatic carbocycles. The fourth-order valence-corrected chi connectivity index (χ4v) is 3.73. The lowest BCUT2D eigenvalue weighted by atomic mass is 10.1. The normalized spacial score (nSPS) is 13.5. The summed E-state index contributed by atoms with van der Waals surface area (Å²) in [6, 6.07) is 11.7. The smallest absolute Gasteiger partial charge is 0.251 e. The molecule has 0 atom stereocenters. The fourth-order valence-electron chi connectivity index (χ4n) is 2.78. The summed E-state index contributed by atoms with van der Waals surface area (Å²) in [4.78, 5) is 12.5. The number of nitrogens with zero attached hydrogens (tertiary/aromatic N) is 3. The Morgan fingerprint density at radius 3 is 2.89 bits per heavy atom. The molecular weight excluding hydrogens is 360 g/mol. The third kappa shape index (κ3) is 3.98. The number of allylic oxidation sites excluding steroid dienone is 1. The third-order valence-corrected chi connectivity index (χ3v) is 5.32. The number of carbonyl (C=O) groups is 1. The molecule has 2 aromatic heterocycles. The highest BCUT2D eigenvalue weighted by molar-refractivity contribution is 7.98. The first-order valence-corrected chi connectivity index (χ1v) is 9.84. The van der Waals surface area contributed by atoms with Crippen molar-refractivity contribution in [1.82, 2.24) is 20.1 Å². The standard InChI is InChI=1S/C20H20N4O2S/c1-2-11-24-18(17-8-5-12-26-17)22-23-20(24)27-13-14-6-3-4-7-16(14)19(25)21-15-9-10-15/h2-8,12,15H,1,9-11,13H2,(H,21,25). The van der Waals surface area contributed by atoms with Crippen LogP contribution in [-0.4, -0.2) is 26.7 Å². The molecule has 4 rings (SSSR count). The van der Waals surface area contributed by atoms with Crippen molar-refractivity contribution in [2.75, 3.05) is 0 Å². The van der Waals surface area contributed by atoms with Gasteiger partial charge < -0.3 is 9.73 Å². The molecule has 0 radical (unpaired) electrons. The number of nitrogens with one attached hydrogen (secondary N) is 1. The van der Waals surface area contributed by atoms with Crippen LogP contribution in [0.3, 0.4) is 0 Å². The molecule has 1 amide bonds. The second kappa shape index (κ2) is 7.84. The molecule has 27 heavy (non-hydrogen) atoms. The maximum atomic E-state index is 12.5. The van der Waals surface area contributed by atoms with Gasteiger partial charge >= 0.3 is 0 Å². The molecular formula is C20H20N4O2S. The first kappa shape index (κ1) is 17.6. The summed E-state index contributed by atoms with van der Waals surface area (Å²) in [5.41, 5.74) is 1.70. The Morgan fingerprint density at radius 1 is 1.30 bits per heavy atom. The van der Waals surface area contributed by atoms with Crippen LogP contribution in [0.25, 0.3) is 11.6 Å². The van der Waals surface area contributed by atoms with E-state index in [9.17, 15) is 4.79 Å². The molecule has 7 heteroatoms. The van der Waals surface area contributed by atoms with Crippen LogP contribution in [0.4, 0.5) is 0 Å². The Balaban J connectivity index is 1.54. The number of aromatic nitrogens is 3. The van der Waals surface area contributed by atoms with E-state index in [0.29, 0.717) is 29.9 Å². The van der Waals surface area contributed by atoms with Crippen molar-refractivity contribution in [2.45, 2.75) is 36.3 Å². The molecule has 6 nitrogen and oxygen atoms in total. The topological polar surface area (TPSA) is 73.0 Å². The molecule has 0 unspecified atom stereocenters. The summed E-state index contributed by atoms with van der Waals surface area (Å²) in [6.45, 7) is 4.40. The van der Waals surface area contributed by atoms with Gasteiger partial charge in [-0.25, -0.2) is 0 Å². The van der Waals surface area contributed by atoms with Crippen molar-refractivity contribution in [3.8, 4) is 11.6 Å². The number of rotatable bonds is 8. The zero-order chi connectivity index (χ0) is 18.6. The molecule has 2 heterocycles. The molecule has 0 bridgehead atoms. The number of carbonyl (C=O) groups excluding carboxylic acids is 1. The van der Waals surface area contributed by atoms with Gasteiger partial charge in [0.1, 0.15) is 0 Å². The summed E-state index contributed by atoms with van der Waals surface area (Å²) in [5.74, 6) is 1.96. The van der Waals surface area contributed by atoms with E-state index >= 15 is 0 Å². The minimum Gasteiger partial charge on any atom is -0.461 e. The predicted molar refractivity (Wildman–Crippen MR) is 104 cm³/mol. The van der Waals surface area contributed by atoms with E-state index < -0.39 is 0 Å². The van der Waals surface area contributed by atoms with E-state index in [-0.39, 0.29) is 5.91 Å². The van der Waals surface area contributed by atoms with Gasteiger partial charge in [-0.2, -0.15) is 0 Å². The van der Waals surface area contributed by atoms with Crippen molar-refractivity contribution >= 4 is 17.7 Å². The van der Waals surface area contributed by atoms with Crippen molar-refractivity contribution in [3.05, 3.63) is 66.4 Å². The van der Waals surface area contributed by atoms with Crippen LogP contribution in [0.15, 0.2) is 64.9 Å². The van der Waals surface area contributed by atoms with Gasteiger partial charge in [0, 0.05) is 23.9 Å². The highest BCUT2D eigenvalue weighted by atomic mass is 32.2. The molecule has 1 fully saturated rings. The van der Waals surface area contributed by atoms with Crippen molar-refractivity contribution in [2.24, 2.45) is 0 Å². The quantitative estimate of drug-likeness (QED) is 0.474. The maximum Gasteiger partial charge on any atom is 0.251 e. The molecule has 1 aliphatic rings. The highest BCUT2D eigenvalue weighted by Gasteiger charge is 2.25. The Labute approximate surface area is 161 Å². The van der Waals surface area contributed by atoms with E-state index in [2.05, 4.69) is 22.1 Å². The Kier molecular flexibility index (Phi) is 5.11. The highest BCUT2D eigenvalue weighted by Crippen LogP contribution is 2.28. The first-order valence-electron chi connectivity index (χ1n) is 8.86. The average Bonchev–Trinajstić information content (AvgIpc) is 3.17. The largest absolute Gasteiger partial charge is 0.461 e. The number of thioether (sulfide) groups is 1. The van der Waals surface area contributed by atoms with Gasteiger partial charge in [0.15, 0.2) is 10.9 Å². The van der Waals surface area contributed by atoms with Gasteiger partial charge in [0.2, 0.25) is 5.82 Å². The molecule has 1 saturated carbocycles. The van der Waals surface area contributed by atoms with Crippen LogP contribution in [-0.2, 0) is 12.3 Å². The molecule has 0 saturated heterocycles. The number of benzene rings is 1. The van der Waals surface area contributed by atoms with Crippen LogP contribution >= 0.6 is 11.8 Å². The number of hydrogen-bond donors (Lipinski definition) is 1. The zero-order valence-corrected chi connectivity index (χ0v) is 15.6.